The molecule has 0 bridgehead atoms. The van der Waals surface area contributed by atoms with Crippen molar-refractivity contribution in [2.45, 2.75) is 13.0 Å². The molecule has 1 aliphatic heterocycles. The van der Waals surface area contributed by atoms with Crippen molar-refractivity contribution in [2.24, 2.45) is 11.1 Å². The van der Waals surface area contributed by atoms with E-state index in [4.69, 9.17) is 10.5 Å². The molecule has 2 atom stereocenters. The van der Waals surface area contributed by atoms with E-state index in [1.165, 1.54) is 0 Å². The van der Waals surface area contributed by atoms with Crippen LogP contribution < -0.4 is 15.8 Å². The minimum absolute atomic E-state index is 0.163. The molecule has 2 unspecified atom stereocenters. The van der Waals surface area contributed by atoms with Crippen molar-refractivity contribution in [2.75, 3.05) is 32.6 Å². The summed E-state index contributed by atoms with van der Waals surface area (Å²) in [6, 6.07) is -0.328. The number of sulfonamides is 1. The molecule has 1 aliphatic rings. The summed E-state index contributed by atoms with van der Waals surface area (Å²) in [5, 5.41) is 2.64. The molecule has 1 rings (SSSR count). The van der Waals surface area contributed by atoms with Gasteiger partial charge in [0.25, 0.3) is 0 Å². The van der Waals surface area contributed by atoms with Gasteiger partial charge in [-0.2, -0.15) is 0 Å². The van der Waals surface area contributed by atoms with E-state index in [1.54, 1.807) is 6.92 Å². The lowest BCUT2D eigenvalue weighted by Gasteiger charge is -2.25. The first-order chi connectivity index (χ1) is 7.76. The SMILES string of the molecule is CC1(C(=O)NCCNS(C)(=O)=O)COCC1N. The second kappa shape index (κ2) is 5.30. The Morgan fingerprint density at radius 3 is 2.65 bits per heavy atom. The maximum atomic E-state index is 11.9. The summed E-state index contributed by atoms with van der Waals surface area (Å²) in [6.07, 6.45) is 1.07. The van der Waals surface area contributed by atoms with Crippen LogP contribution in [-0.2, 0) is 19.6 Å². The Labute approximate surface area is 101 Å². The fourth-order valence-corrected chi connectivity index (χ4v) is 2.01. The van der Waals surface area contributed by atoms with Crippen LogP contribution in [0, 0.1) is 5.41 Å². The molecule has 0 radical (unpaired) electrons. The van der Waals surface area contributed by atoms with Gasteiger partial charge in [0.2, 0.25) is 15.9 Å². The van der Waals surface area contributed by atoms with Gasteiger partial charge in [-0.15, -0.1) is 0 Å². The maximum Gasteiger partial charge on any atom is 0.229 e. The topological polar surface area (TPSA) is 111 Å². The lowest BCUT2D eigenvalue weighted by molar-refractivity contribution is -0.130. The number of nitrogens with two attached hydrogens (primary N) is 1. The summed E-state index contributed by atoms with van der Waals surface area (Å²) in [5.41, 5.74) is 5.06. The quantitative estimate of drug-likeness (QED) is 0.499. The average Bonchev–Trinajstić information content (AvgIpc) is 2.54. The van der Waals surface area contributed by atoms with Crippen LogP contribution in [0.5, 0.6) is 0 Å². The van der Waals surface area contributed by atoms with Gasteiger partial charge in [0, 0.05) is 19.1 Å². The van der Waals surface area contributed by atoms with Gasteiger partial charge < -0.3 is 15.8 Å². The van der Waals surface area contributed by atoms with Gasteiger partial charge >= 0.3 is 0 Å². The number of amides is 1. The van der Waals surface area contributed by atoms with E-state index in [1.807, 2.05) is 0 Å². The fraction of sp³-hybridized carbons (Fsp3) is 0.889. The second-order valence-corrected chi connectivity index (χ2v) is 6.29. The largest absolute Gasteiger partial charge is 0.379 e. The van der Waals surface area contributed by atoms with Gasteiger partial charge in [-0.05, 0) is 6.92 Å². The van der Waals surface area contributed by atoms with Gasteiger partial charge in [0.1, 0.15) is 0 Å². The van der Waals surface area contributed by atoms with E-state index in [0.717, 1.165) is 6.26 Å². The van der Waals surface area contributed by atoms with Gasteiger partial charge in [-0.3, -0.25) is 4.79 Å². The predicted molar refractivity (Wildman–Crippen MR) is 62.8 cm³/mol. The van der Waals surface area contributed by atoms with Crippen LogP contribution >= 0.6 is 0 Å². The molecule has 1 amide bonds. The number of carbonyl (C=O) groups is 1. The lowest BCUT2D eigenvalue weighted by Crippen LogP contribution is -2.51. The molecule has 17 heavy (non-hydrogen) atoms. The van der Waals surface area contributed by atoms with Crippen molar-refractivity contribution < 1.29 is 17.9 Å². The highest BCUT2D eigenvalue weighted by Crippen LogP contribution is 2.26. The van der Waals surface area contributed by atoms with Crippen molar-refractivity contribution >= 4 is 15.9 Å². The minimum atomic E-state index is -3.22. The summed E-state index contributed by atoms with van der Waals surface area (Å²) in [6.45, 7) is 2.79. The Kier molecular flexibility index (Phi) is 4.48. The van der Waals surface area contributed by atoms with Crippen molar-refractivity contribution in [3.63, 3.8) is 0 Å². The van der Waals surface area contributed by atoms with Gasteiger partial charge in [0.15, 0.2) is 0 Å². The van der Waals surface area contributed by atoms with Crippen LogP contribution in [0.3, 0.4) is 0 Å². The first-order valence-corrected chi connectivity index (χ1v) is 7.21. The molecule has 0 saturated carbocycles. The zero-order valence-corrected chi connectivity index (χ0v) is 10.8. The molecule has 1 heterocycles. The number of carbonyl (C=O) groups excluding carboxylic acids is 1. The monoisotopic (exact) mass is 265 g/mol. The number of hydrogen-bond acceptors (Lipinski definition) is 5. The molecule has 1 fully saturated rings. The number of rotatable bonds is 5. The Hall–Kier alpha value is -0.700. The molecule has 4 N–H and O–H groups in total. The summed E-state index contributed by atoms with van der Waals surface area (Å²) in [4.78, 5) is 11.9. The zero-order chi connectivity index (χ0) is 13.1. The third kappa shape index (κ3) is 3.91. The fourth-order valence-electron chi connectivity index (χ4n) is 1.54. The third-order valence-corrected chi connectivity index (χ3v) is 3.54. The standard InChI is InChI=1S/C9H19N3O4S/c1-9(6-16-5-7(9)10)8(13)11-3-4-12-17(2,14)15/h7,12H,3-6,10H2,1-2H3,(H,11,13). The number of nitrogens with one attached hydrogen (secondary N) is 2. The normalized spacial score (nSPS) is 29.2. The highest BCUT2D eigenvalue weighted by molar-refractivity contribution is 7.88. The highest BCUT2D eigenvalue weighted by Gasteiger charge is 2.44. The lowest BCUT2D eigenvalue weighted by atomic mass is 9.85. The Balaban J connectivity index is 2.35. The van der Waals surface area contributed by atoms with Crippen LogP contribution in [0.25, 0.3) is 0 Å². The third-order valence-electron chi connectivity index (χ3n) is 2.81. The summed E-state index contributed by atoms with van der Waals surface area (Å²) in [7, 11) is -3.22. The van der Waals surface area contributed by atoms with E-state index in [0.29, 0.717) is 13.2 Å². The van der Waals surface area contributed by atoms with Crippen molar-refractivity contribution in [1.82, 2.24) is 10.0 Å². The van der Waals surface area contributed by atoms with Crippen LogP contribution in [0.4, 0.5) is 0 Å². The van der Waals surface area contributed by atoms with Gasteiger partial charge in [-0.1, -0.05) is 0 Å². The van der Waals surface area contributed by atoms with Crippen LogP contribution in [0.2, 0.25) is 0 Å². The smallest absolute Gasteiger partial charge is 0.229 e. The Morgan fingerprint density at radius 2 is 2.18 bits per heavy atom. The molecule has 1 saturated heterocycles. The van der Waals surface area contributed by atoms with E-state index in [-0.39, 0.29) is 25.0 Å². The highest BCUT2D eigenvalue weighted by atomic mass is 32.2. The Bertz CT molecular complexity index is 384. The minimum Gasteiger partial charge on any atom is -0.379 e. The average molecular weight is 265 g/mol. The van der Waals surface area contributed by atoms with Crippen molar-refractivity contribution in [1.29, 1.82) is 0 Å². The summed E-state index contributed by atoms with van der Waals surface area (Å²) >= 11 is 0. The van der Waals surface area contributed by atoms with Crippen LogP contribution in [0.1, 0.15) is 6.92 Å². The van der Waals surface area contributed by atoms with Gasteiger partial charge in [-0.25, -0.2) is 13.1 Å². The molecule has 0 aromatic carbocycles. The van der Waals surface area contributed by atoms with Crippen LogP contribution in [0.15, 0.2) is 0 Å². The van der Waals surface area contributed by atoms with Gasteiger partial charge in [0.05, 0.1) is 24.9 Å². The van der Waals surface area contributed by atoms with E-state index >= 15 is 0 Å². The molecule has 8 heteroatoms. The number of hydrogen-bond donors (Lipinski definition) is 3. The molecule has 7 nitrogen and oxygen atoms in total. The Morgan fingerprint density at radius 1 is 1.53 bits per heavy atom. The zero-order valence-electron chi connectivity index (χ0n) is 10.0. The summed E-state index contributed by atoms with van der Waals surface area (Å²) in [5.74, 6) is -0.210. The molecule has 0 aromatic heterocycles. The maximum absolute atomic E-state index is 11.9. The first kappa shape index (κ1) is 14.4. The van der Waals surface area contributed by atoms with E-state index < -0.39 is 15.4 Å². The molecular formula is C9H19N3O4S. The molecule has 0 aromatic rings. The molecule has 0 aliphatic carbocycles. The molecule has 100 valence electrons. The summed E-state index contributed by atoms with van der Waals surface area (Å²) < 4.78 is 29.0. The molecular weight excluding hydrogens is 246 g/mol. The van der Waals surface area contributed by atoms with Crippen molar-refractivity contribution in [3.8, 4) is 0 Å². The first-order valence-electron chi connectivity index (χ1n) is 5.32. The molecule has 0 spiro atoms. The number of ether oxygens (including phenoxy) is 1. The van der Waals surface area contributed by atoms with E-state index in [2.05, 4.69) is 10.0 Å². The predicted octanol–water partition coefficient (Wildman–Crippen LogP) is -1.98. The van der Waals surface area contributed by atoms with Crippen molar-refractivity contribution in [3.05, 3.63) is 0 Å². The van der Waals surface area contributed by atoms with Crippen LogP contribution in [-0.4, -0.2) is 52.9 Å². The van der Waals surface area contributed by atoms with E-state index in [9.17, 15) is 13.2 Å². The second-order valence-electron chi connectivity index (χ2n) is 4.46.